The Kier molecular flexibility index (Phi) is 7.13. The number of furan rings is 1. The molecule has 0 fully saturated rings. The Balaban J connectivity index is 1.11. The van der Waals surface area contributed by atoms with Crippen molar-refractivity contribution in [3.05, 3.63) is 200 Å². The van der Waals surface area contributed by atoms with Crippen LogP contribution in [0.25, 0.3) is 96.7 Å². The highest BCUT2D eigenvalue weighted by molar-refractivity contribution is 7.26. The average molecular weight is 744 g/mol. The molecule has 0 atom stereocenters. The molecular formula is C54H33NOS. The van der Waals surface area contributed by atoms with E-state index in [1.54, 1.807) is 0 Å². The fraction of sp³-hybridized carbons (Fsp3) is 0. The lowest BCUT2D eigenvalue weighted by Gasteiger charge is -2.27. The molecule has 0 spiro atoms. The molecule has 0 radical (unpaired) electrons. The summed E-state index contributed by atoms with van der Waals surface area (Å²) in [6.45, 7) is 0. The van der Waals surface area contributed by atoms with Crippen LogP contribution in [0, 0.1) is 0 Å². The molecule has 10 aromatic carbocycles. The fourth-order valence-electron chi connectivity index (χ4n) is 8.99. The van der Waals surface area contributed by atoms with Crippen molar-refractivity contribution < 1.29 is 4.42 Å². The summed E-state index contributed by atoms with van der Waals surface area (Å²) >= 11 is 1.86. The average Bonchev–Trinajstić information content (AvgIpc) is 3.84. The summed E-state index contributed by atoms with van der Waals surface area (Å²) in [5.41, 5.74) is 9.74. The van der Waals surface area contributed by atoms with Crippen molar-refractivity contribution in [3.63, 3.8) is 0 Å². The molecule has 0 aliphatic carbocycles. The predicted octanol–water partition coefficient (Wildman–Crippen LogP) is 16.2. The summed E-state index contributed by atoms with van der Waals surface area (Å²) in [6.07, 6.45) is 0. The summed E-state index contributed by atoms with van der Waals surface area (Å²) in [5, 5.41) is 12.1. The molecule has 12 aromatic rings. The molecular weight excluding hydrogens is 711 g/mol. The summed E-state index contributed by atoms with van der Waals surface area (Å²) in [6, 6.07) is 72.5. The van der Waals surface area contributed by atoms with Crippen LogP contribution in [0.3, 0.4) is 0 Å². The summed E-state index contributed by atoms with van der Waals surface area (Å²) in [7, 11) is 0. The minimum absolute atomic E-state index is 0.860. The van der Waals surface area contributed by atoms with Crippen LogP contribution in [0.4, 0.5) is 17.1 Å². The Hall–Kier alpha value is -7.20. The van der Waals surface area contributed by atoms with Gasteiger partial charge in [-0.1, -0.05) is 152 Å². The lowest BCUT2D eigenvalue weighted by Crippen LogP contribution is -2.10. The maximum atomic E-state index is 7.14. The second kappa shape index (κ2) is 12.7. The summed E-state index contributed by atoms with van der Waals surface area (Å²) < 4.78 is 9.72. The Morgan fingerprint density at radius 1 is 0.386 bits per heavy atom. The van der Waals surface area contributed by atoms with Gasteiger partial charge >= 0.3 is 0 Å². The van der Waals surface area contributed by atoms with Gasteiger partial charge in [0.05, 0.1) is 5.69 Å². The fourth-order valence-corrected chi connectivity index (χ4v) is 10.2. The Bertz CT molecular complexity index is 3520. The minimum Gasteiger partial charge on any atom is -0.455 e. The summed E-state index contributed by atoms with van der Waals surface area (Å²) in [4.78, 5) is 2.39. The molecule has 0 saturated heterocycles. The second-order valence-corrected chi connectivity index (χ2v) is 15.9. The summed E-state index contributed by atoms with van der Waals surface area (Å²) in [5.74, 6) is 0. The van der Waals surface area contributed by atoms with E-state index in [2.05, 4.69) is 205 Å². The zero-order valence-electron chi connectivity index (χ0n) is 30.8. The van der Waals surface area contributed by atoms with E-state index in [9.17, 15) is 0 Å². The van der Waals surface area contributed by atoms with E-state index in [1.165, 1.54) is 69.2 Å². The highest BCUT2D eigenvalue weighted by Gasteiger charge is 2.22. The first kappa shape index (κ1) is 32.1. The van der Waals surface area contributed by atoms with Gasteiger partial charge in [0.2, 0.25) is 0 Å². The SMILES string of the molecule is c1ccc(-c2ccc(N(c3ccc4c(c3)oc3c(-c5cccc6c5sc5ccccc56)c5ccccc5cc34)c3cc4ccccc4c4ccccc34)cc2)cc1. The normalized spacial score (nSPS) is 11.9. The second-order valence-electron chi connectivity index (χ2n) is 14.8. The molecule has 3 heteroatoms. The van der Waals surface area contributed by atoms with Gasteiger partial charge in [0.15, 0.2) is 0 Å². The molecule has 0 amide bonds. The topological polar surface area (TPSA) is 16.4 Å². The van der Waals surface area contributed by atoms with E-state index >= 15 is 0 Å². The largest absolute Gasteiger partial charge is 0.455 e. The van der Waals surface area contributed by atoms with Gasteiger partial charge in [-0.15, -0.1) is 11.3 Å². The molecule has 0 bridgehead atoms. The first-order valence-corrected chi connectivity index (χ1v) is 20.2. The van der Waals surface area contributed by atoms with Crippen molar-refractivity contribution >= 4 is 103 Å². The number of hydrogen-bond donors (Lipinski definition) is 0. The molecule has 0 N–H and O–H groups in total. The quantitative estimate of drug-likeness (QED) is 0.163. The number of benzene rings is 10. The third-order valence-corrected chi connectivity index (χ3v) is 12.8. The zero-order chi connectivity index (χ0) is 37.5. The van der Waals surface area contributed by atoms with Gasteiger partial charge in [0, 0.05) is 64.9 Å². The molecule has 2 heterocycles. The molecule has 0 saturated carbocycles. The van der Waals surface area contributed by atoms with Crippen LogP contribution in [-0.4, -0.2) is 0 Å². The van der Waals surface area contributed by atoms with Gasteiger partial charge < -0.3 is 9.32 Å². The maximum absolute atomic E-state index is 7.14. The van der Waals surface area contributed by atoms with E-state index < -0.39 is 0 Å². The van der Waals surface area contributed by atoms with Crippen molar-refractivity contribution in [3.8, 4) is 22.3 Å². The third kappa shape index (κ3) is 5.03. The standard InChI is InChI=1S/C54H33NOS/c1-2-13-34(14-3-1)35-25-27-38(28-26-35)55(49-32-37-16-4-6-17-40(37)42-19-8-9-20-43(42)49)39-29-30-44-48-31-36-15-5-7-18-41(36)52(53(48)56-50(44)33-39)47-23-12-22-46-45-21-10-11-24-51(45)57-54(46)47/h1-33H. The number of anilines is 3. The van der Waals surface area contributed by atoms with E-state index in [4.69, 9.17) is 4.42 Å². The van der Waals surface area contributed by atoms with Gasteiger partial charge in [0.1, 0.15) is 11.2 Å². The van der Waals surface area contributed by atoms with E-state index in [-0.39, 0.29) is 0 Å². The maximum Gasteiger partial charge on any atom is 0.143 e. The van der Waals surface area contributed by atoms with Gasteiger partial charge in [0.25, 0.3) is 0 Å². The Labute approximate surface area is 333 Å². The lowest BCUT2D eigenvalue weighted by molar-refractivity contribution is 0.670. The van der Waals surface area contributed by atoms with Crippen molar-refractivity contribution in [1.29, 1.82) is 0 Å². The minimum atomic E-state index is 0.860. The van der Waals surface area contributed by atoms with Crippen LogP contribution < -0.4 is 4.90 Å². The van der Waals surface area contributed by atoms with E-state index in [0.717, 1.165) is 44.6 Å². The van der Waals surface area contributed by atoms with Gasteiger partial charge in [-0.25, -0.2) is 0 Å². The van der Waals surface area contributed by atoms with Crippen LogP contribution in [0.2, 0.25) is 0 Å². The van der Waals surface area contributed by atoms with E-state index in [1.807, 2.05) is 11.3 Å². The smallest absolute Gasteiger partial charge is 0.143 e. The number of fused-ring (bicyclic) bond motifs is 10. The first-order chi connectivity index (χ1) is 28.3. The van der Waals surface area contributed by atoms with Crippen LogP contribution in [0.1, 0.15) is 0 Å². The van der Waals surface area contributed by atoms with Crippen molar-refractivity contribution in [1.82, 2.24) is 0 Å². The molecule has 57 heavy (non-hydrogen) atoms. The predicted molar refractivity (Wildman–Crippen MR) is 245 cm³/mol. The van der Waals surface area contributed by atoms with Gasteiger partial charge in [-0.05, 0) is 80.5 Å². The Morgan fingerprint density at radius 2 is 1.02 bits per heavy atom. The number of thiophene rings is 1. The number of nitrogens with zero attached hydrogens (tertiary/aromatic N) is 1. The molecule has 2 aromatic heterocycles. The number of rotatable bonds is 5. The van der Waals surface area contributed by atoms with Gasteiger partial charge in [-0.3, -0.25) is 0 Å². The number of hydrogen-bond acceptors (Lipinski definition) is 3. The molecule has 2 nitrogen and oxygen atoms in total. The van der Waals surface area contributed by atoms with Crippen LogP contribution in [-0.2, 0) is 0 Å². The lowest BCUT2D eigenvalue weighted by atomic mass is 9.94. The van der Waals surface area contributed by atoms with Crippen LogP contribution in [0.15, 0.2) is 205 Å². The molecule has 12 rings (SSSR count). The van der Waals surface area contributed by atoms with Crippen LogP contribution >= 0.6 is 11.3 Å². The van der Waals surface area contributed by atoms with Crippen LogP contribution in [0.5, 0.6) is 0 Å². The first-order valence-electron chi connectivity index (χ1n) is 19.4. The highest BCUT2D eigenvalue weighted by atomic mass is 32.1. The molecule has 0 aliphatic heterocycles. The highest BCUT2D eigenvalue weighted by Crippen LogP contribution is 2.48. The van der Waals surface area contributed by atoms with Gasteiger partial charge in [-0.2, -0.15) is 0 Å². The molecule has 0 unspecified atom stereocenters. The Morgan fingerprint density at radius 3 is 1.84 bits per heavy atom. The van der Waals surface area contributed by atoms with Crippen molar-refractivity contribution in [2.24, 2.45) is 0 Å². The zero-order valence-corrected chi connectivity index (χ0v) is 31.6. The van der Waals surface area contributed by atoms with Crippen molar-refractivity contribution in [2.75, 3.05) is 4.90 Å². The monoisotopic (exact) mass is 743 g/mol. The van der Waals surface area contributed by atoms with E-state index in [0.29, 0.717) is 0 Å². The third-order valence-electron chi connectivity index (χ3n) is 11.6. The molecule has 0 aliphatic rings. The molecule has 266 valence electrons. The van der Waals surface area contributed by atoms with Crippen molar-refractivity contribution in [2.45, 2.75) is 0 Å².